The number of nitrogens with two attached hydrogens (primary N) is 1. The van der Waals surface area contributed by atoms with Crippen LogP contribution >= 0.6 is 15.9 Å². The SMILES string of the molecule is C=C[C@@](N)(C(=O)OCC)c1ccc(Br)cc1. The van der Waals surface area contributed by atoms with Gasteiger partial charge in [0, 0.05) is 4.47 Å². The Balaban J connectivity index is 3.09. The van der Waals surface area contributed by atoms with Crippen LogP contribution in [0.5, 0.6) is 0 Å². The number of carbonyl (C=O) groups is 1. The lowest BCUT2D eigenvalue weighted by molar-refractivity contribution is -0.148. The molecule has 1 rings (SSSR count). The highest BCUT2D eigenvalue weighted by Gasteiger charge is 2.34. The van der Waals surface area contributed by atoms with Gasteiger partial charge in [-0.05, 0) is 24.6 Å². The highest BCUT2D eigenvalue weighted by Crippen LogP contribution is 2.23. The van der Waals surface area contributed by atoms with Gasteiger partial charge < -0.3 is 10.5 Å². The molecule has 1 aromatic rings. The molecule has 0 heterocycles. The van der Waals surface area contributed by atoms with Gasteiger partial charge in [0.1, 0.15) is 0 Å². The second-order valence-corrected chi connectivity index (χ2v) is 4.22. The normalized spacial score (nSPS) is 13.9. The van der Waals surface area contributed by atoms with Gasteiger partial charge in [0.15, 0.2) is 5.54 Å². The van der Waals surface area contributed by atoms with E-state index in [9.17, 15) is 4.79 Å². The molecule has 0 spiro atoms. The molecule has 0 bridgehead atoms. The number of benzene rings is 1. The lowest BCUT2D eigenvalue weighted by atomic mass is 9.91. The molecule has 0 saturated heterocycles. The minimum atomic E-state index is -1.28. The number of ether oxygens (including phenoxy) is 1. The van der Waals surface area contributed by atoms with E-state index in [0.717, 1.165) is 4.47 Å². The van der Waals surface area contributed by atoms with Crippen molar-refractivity contribution in [2.24, 2.45) is 5.73 Å². The van der Waals surface area contributed by atoms with Gasteiger partial charge in [-0.1, -0.05) is 34.1 Å². The molecule has 0 unspecified atom stereocenters. The van der Waals surface area contributed by atoms with Crippen molar-refractivity contribution in [1.29, 1.82) is 0 Å². The topological polar surface area (TPSA) is 52.3 Å². The fourth-order valence-electron chi connectivity index (χ4n) is 1.30. The van der Waals surface area contributed by atoms with Crippen LogP contribution in [0.3, 0.4) is 0 Å². The molecule has 1 aromatic carbocycles. The molecule has 0 saturated carbocycles. The molecule has 3 nitrogen and oxygen atoms in total. The molecular formula is C12H14BrNO2. The Morgan fingerprint density at radius 3 is 2.56 bits per heavy atom. The standard InChI is InChI=1S/C12H14BrNO2/c1-3-12(14,11(15)16-4-2)9-5-7-10(13)8-6-9/h3,5-8H,1,4,14H2,2H3/t12-/m0/s1. The van der Waals surface area contributed by atoms with E-state index in [2.05, 4.69) is 22.5 Å². The maximum atomic E-state index is 11.8. The van der Waals surface area contributed by atoms with E-state index >= 15 is 0 Å². The number of carbonyl (C=O) groups excluding carboxylic acids is 1. The van der Waals surface area contributed by atoms with Crippen LogP contribution in [0.2, 0.25) is 0 Å². The first-order valence-electron chi connectivity index (χ1n) is 4.90. The zero-order chi connectivity index (χ0) is 12.2. The van der Waals surface area contributed by atoms with Crippen LogP contribution in [-0.2, 0) is 15.1 Å². The molecule has 1 atom stereocenters. The molecule has 2 N–H and O–H groups in total. The highest BCUT2D eigenvalue weighted by molar-refractivity contribution is 9.10. The first-order valence-corrected chi connectivity index (χ1v) is 5.69. The Morgan fingerprint density at radius 2 is 2.12 bits per heavy atom. The first-order chi connectivity index (χ1) is 7.54. The largest absolute Gasteiger partial charge is 0.464 e. The van der Waals surface area contributed by atoms with E-state index in [-0.39, 0.29) is 0 Å². The maximum absolute atomic E-state index is 11.8. The van der Waals surface area contributed by atoms with Crippen molar-refractivity contribution in [2.45, 2.75) is 12.5 Å². The number of hydrogen-bond acceptors (Lipinski definition) is 3. The quantitative estimate of drug-likeness (QED) is 0.682. The summed E-state index contributed by atoms with van der Waals surface area (Å²) < 4.78 is 5.86. The van der Waals surface area contributed by atoms with Gasteiger partial charge in [0.05, 0.1) is 6.61 Å². The third-order valence-corrected chi connectivity index (χ3v) is 2.79. The van der Waals surface area contributed by atoms with Crippen molar-refractivity contribution < 1.29 is 9.53 Å². The average Bonchev–Trinajstić information content (AvgIpc) is 2.29. The van der Waals surface area contributed by atoms with Crippen molar-refractivity contribution in [1.82, 2.24) is 0 Å². The van der Waals surface area contributed by atoms with Crippen molar-refractivity contribution in [2.75, 3.05) is 6.61 Å². The van der Waals surface area contributed by atoms with Crippen LogP contribution in [0, 0.1) is 0 Å². The predicted molar refractivity (Wildman–Crippen MR) is 66.8 cm³/mol. The molecule has 0 amide bonds. The van der Waals surface area contributed by atoms with Crippen LogP contribution in [0.15, 0.2) is 41.4 Å². The zero-order valence-electron chi connectivity index (χ0n) is 9.07. The molecule has 0 radical (unpaired) electrons. The lowest BCUT2D eigenvalue weighted by Crippen LogP contribution is -2.44. The summed E-state index contributed by atoms with van der Waals surface area (Å²) in [5.41, 5.74) is 5.37. The summed E-state index contributed by atoms with van der Waals surface area (Å²) in [7, 11) is 0. The van der Waals surface area contributed by atoms with E-state index in [0.29, 0.717) is 12.2 Å². The van der Waals surface area contributed by atoms with Crippen molar-refractivity contribution in [3.05, 3.63) is 47.0 Å². The monoisotopic (exact) mass is 283 g/mol. The van der Waals surface area contributed by atoms with Crippen LogP contribution in [0.4, 0.5) is 0 Å². The highest BCUT2D eigenvalue weighted by atomic mass is 79.9. The Kier molecular flexibility index (Phi) is 4.26. The number of esters is 1. The number of rotatable bonds is 4. The molecule has 0 aliphatic carbocycles. The summed E-state index contributed by atoms with van der Waals surface area (Å²) >= 11 is 3.32. The van der Waals surface area contributed by atoms with Crippen molar-refractivity contribution in [3.63, 3.8) is 0 Å². The van der Waals surface area contributed by atoms with Gasteiger partial charge in [-0.15, -0.1) is 6.58 Å². The molecular weight excluding hydrogens is 270 g/mol. The van der Waals surface area contributed by atoms with Gasteiger partial charge in [0.2, 0.25) is 0 Å². The Bertz CT molecular complexity index is 389. The number of halogens is 1. The van der Waals surface area contributed by atoms with Gasteiger partial charge in [-0.2, -0.15) is 0 Å². The van der Waals surface area contributed by atoms with Gasteiger partial charge in [0.25, 0.3) is 0 Å². The van der Waals surface area contributed by atoms with E-state index in [1.807, 2.05) is 12.1 Å². The third kappa shape index (κ3) is 2.51. The first kappa shape index (κ1) is 12.9. The van der Waals surface area contributed by atoms with E-state index in [1.165, 1.54) is 6.08 Å². The maximum Gasteiger partial charge on any atom is 0.334 e. The summed E-state index contributed by atoms with van der Waals surface area (Å²) in [5.74, 6) is -0.493. The van der Waals surface area contributed by atoms with Crippen LogP contribution < -0.4 is 5.73 Å². The molecule has 0 aliphatic rings. The minimum Gasteiger partial charge on any atom is -0.464 e. The fraction of sp³-hybridized carbons (Fsp3) is 0.250. The smallest absolute Gasteiger partial charge is 0.334 e. The molecule has 0 aromatic heterocycles. The summed E-state index contributed by atoms with van der Waals surface area (Å²) in [6.07, 6.45) is 1.40. The third-order valence-electron chi connectivity index (χ3n) is 2.26. The van der Waals surface area contributed by atoms with Gasteiger partial charge in [-0.3, -0.25) is 0 Å². The fourth-order valence-corrected chi connectivity index (χ4v) is 1.56. The molecule has 0 fully saturated rings. The molecule has 16 heavy (non-hydrogen) atoms. The average molecular weight is 284 g/mol. The Labute approximate surface area is 103 Å². The summed E-state index contributed by atoms with van der Waals surface area (Å²) in [5, 5.41) is 0. The van der Waals surface area contributed by atoms with E-state index in [4.69, 9.17) is 10.5 Å². The minimum absolute atomic E-state index is 0.294. The molecule has 4 heteroatoms. The Morgan fingerprint density at radius 1 is 1.56 bits per heavy atom. The summed E-state index contributed by atoms with van der Waals surface area (Å²) in [4.78, 5) is 11.8. The summed E-state index contributed by atoms with van der Waals surface area (Å²) in [6.45, 7) is 5.63. The van der Waals surface area contributed by atoms with Crippen molar-refractivity contribution >= 4 is 21.9 Å². The van der Waals surface area contributed by atoms with Crippen molar-refractivity contribution in [3.8, 4) is 0 Å². The number of hydrogen-bond donors (Lipinski definition) is 1. The van der Waals surface area contributed by atoms with Gasteiger partial charge >= 0.3 is 5.97 Å². The molecule has 86 valence electrons. The van der Waals surface area contributed by atoms with Gasteiger partial charge in [-0.25, -0.2) is 4.79 Å². The second-order valence-electron chi connectivity index (χ2n) is 3.30. The van der Waals surface area contributed by atoms with Crippen LogP contribution in [-0.4, -0.2) is 12.6 Å². The second kappa shape index (κ2) is 5.27. The zero-order valence-corrected chi connectivity index (χ0v) is 10.7. The Hall–Kier alpha value is -1.13. The van der Waals surface area contributed by atoms with Crippen LogP contribution in [0.25, 0.3) is 0 Å². The van der Waals surface area contributed by atoms with E-state index in [1.54, 1.807) is 19.1 Å². The predicted octanol–water partition coefficient (Wildman–Crippen LogP) is 2.35. The lowest BCUT2D eigenvalue weighted by Gasteiger charge is -2.23. The summed E-state index contributed by atoms with van der Waals surface area (Å²) in [6, 6.07) is 7.17. The van der Waals surface area contributed by atoms with E-state index < -0.39 is 11.5 Å². The molecule has 0 aliphatic heterocycles. The van der Waals surface area contributed by atoms with Crippen LogP contribution in [0.1, 0.15) is 12.5 Å².